The van der Waals surface area contributed by atoms with Crippen molar-refractivity contribution in [2.24, 2.45) is 10.2 Å². The Labute approximate surface area is 186 Å². The lowest BCUT2D eigenvalue weighted by molar-refractivity contribution is -0.117. The Hall–Kier alpha value is -4.86. The Morgan fingerprint density at radius 1 is 1.03 bits per heavy atom. The zero-order valence-corrected chi connectivity index (χ0v) is 17.1. The van der Waals surface area contributed by atoms with Crippen LogP contribution in [0.15, 0.2) is 83.2 Å². The van der Waals surface area contributed by atoms with E-state index in [-0.39, 0.29) is 18.1 Å². The molecular formula is C23H17N7O3. The second-order valence-electron chi connectivity index (χ2n) is 7.09. The molecule has 0 fully saturated rings. The van der Waals surface area contributed by atoms with E-state index in [0.717, 1.165) is 0 Å². The van der Waals surface area contributed by atoms with Gasteiger partial charge in [-0.25, -0.2) is 14.3 Å². The van der Waals surface area contributed by atoms with Gasteiger partial charge in [0.2, 0.25) is 5.88 Å². The van der Waals surface area contributed by atoms with Gasteiger partial charge in [0.1, 0.15) is 12.2 Å². The van der Waals surface area contributed by atoms with E-state index in [2.05, 4.69) is 30.5 Å². The van der Waals surface area contributed by atoms with Crippen LogP contribution in [0.3, 0.4) is 0 Å². The molecule has 0 radical (unpaired) electrons. The maximum absolute atomic E-state index is 13.0. The zero-order chi connectivity index (χ0) is 22.8. The number of carbonyl (C=O) groups is 2. The van der Waals surface area contributed by atoms with Crippen LogP contribution in [0.4, 0.5) is 10.5 Å². The number of hydrogen-bond acceptors (Lipinski definition) is 6. The number of H-pyrrole nitrogens is 1. The number of aromatic nitrogens is 4. The second kappa shape index (κ2) is 8.35. The van der Waals surface area contributed by atoms with Gasteiger partial charge in [0.15, 0.2) is 11.5 Å². The molecule has 2 amide bonds. The van der Waals surface area contributed by atoms with Crippen molar-refractivity contribution < 1.29 is 14.7 Å². The first-order valence-corrected chi connectivity index (χ1v) is 10.0. The van der Waals surface area contributed by atoms with Gasteiger partial charge in [-0.1, -0.05) is 36.4 Å². The molecule has 2 aromatic carbocycles. The van der Waals surface area contributed by atoms with Crippen LogP contribution in [0.1, 0.15) is 0 Å². The van der Waals surface area contributed by atoms with Crippen LogP contribution in [-0.4, -0.2) is 43.1 Å². The predicted molar refractivity (Wildman–Crippen MR) is 121 cm³/mol. The molecule has 10 heteroatoms. The number of carbonyl (C=O) groups excluding carboxylic acids is 2. The van der Waals surface area contributed by atoms with Crippen molar-refractivity contribution >= 4 is 39.6 Å². The van der Waals surface area contributed by atoms with Crippen molar-refractivity contribution in [2.45, 2.75) is 0 Å². The van der Waals surface area contributed by atoms with E-state index < -0.39 is 11.9 Å². The molecule has 33 heavy (non-hydrogen) atoms. The fourth-order valence-corrected chi connectivity index (χ4v) is 3.48. The number of rotatable bonds is 4. The van der Waals surface area contributed by atoms with Crippen LogP contribution < -0.4 is 5.32 Å². The Bertz CT molecular complexity index is 1520. The number of imidazole rings is 1. The van der Waals surface area contributed by atoms with Crippen LogP contribution in [0.25, 0.3) is 33.5 Å². The second-order valence-corrected chi connectivity index (χ2v) is 7.09. The molecule has 0 spiro atoms. The van der Waals surface area contributed by atoms with Crippen LogP contribution in [-0.2, 0) is 4.79 Å². The van der Waals surface area contributed by atoms with Crippen molar-refractivity contribution in [1.82, 2.24) is 24.8 Å². The molecule has 3 heterocycles. The first-order chi connectivity index (χ1) is 16.1. The quantitative estimate of drug-likeness (QED) is 0.361. The molecule has 0 aliphatic carbocycles. The van der Waals surface area contributed by atoms with Crippen LogP contribution >= 0.6 is 0 Å². The molecule has 5 rings (SSSR count). The first-order valence-electron chi connectivity index (χ1n) is 10.0. The smallest absolute Gasteiger partial charge is 0.328 e. The highest BCUT2D eigenvalue weighted by Gasteiger charge is 2.19. The number of pyridine rings is 1. The molecule has 0 aliphatic rings. The van der Waals surface area contributed by atoms with Crippen molar-refractivity contribution in [3.05, 3.63) is 72.9 Å². The van der Waals surface area contributed by atoms with Crippen LogP contribution in [0.2, 0.25) is 0 Å². The molecule has 5 aromatic rings. The molecule has 0 unspecified atom stereocenters. The van der Waals surface area contributed by atoms with E-state index in [1.54, 1.807) is 66.9 Å². The van der Waals surface area contributed by atoms with Crippen LogP contribution in [0, 0.1) is 0 Å². The Morgan fingerprint density at radius 2 is 1.82 bits per heavy atom. The summed E-state index contributed by atoms with van der Waals surface area (Å²) in [7, 11) is 0. The molecule has 0 saturated carbocycles. The number of aromatic hydroxyl groups is 1. The number of hydrogen-bond donors (Lipinski definition) is 3. The number of aromatic amines is 1. The summed E-state index contributed by atoms with van der Waals surface area (Å²) < 4.78 is 1.37. The minimum Gasteiger partial charge on any atom is -0.493 e. The SMILES string of the molecule is O=C(CNC(=O)n1c(-c2ccccn2)nc2ccccc21)N=Nc1c(O)[nH]c2ccccc12. The molecule has 0 saturated heterocycles. The average molecular weight is 439 g/mol. The summed E-state index contributed by atoms with van der Waals surface area (Å²) in [4.78, 5) is 36.8. The number of nitrogens with one attached hydrogen (secondary N) is 2. The van der Waals surface area contributed by atoms with Crippen molar-refractivity contribution in [1.29, 1.82) is 0 Å². The number of benzene rings is 2. The van der Waals surface area contributed by atoms with E-state index in [9.17, 15) is 14.7 Å². The third-order valence-corrected chi connectivity index (χ3v) is 4.97. The molecule has 3 N–H and O–H groups in total. The predicted octanol–water partition coefficient (Wildman–Crippen LogP) is 4.15. The Balaban J connectivity index is 1.37. The molecule has 0 aliphatic heterocycles. The van der Waals surface area contributed by atoms with E-state index in [1.165, 1.54) is 4.57 Å². The van der Waals surface area contributed by atoms with E-state index in [4.69, 9.17) is 0 Å². The van der Waals surface area contributed by atoms with Gasteiger partial charge in [-0.3, -0.25) is 9.78 Å². The van der Waals surface area contributed by atoms with Gasteiger partial charge in [-0.2, -0.15) is 0 Å². The first kappa shape index (κ1) is 20.1. The monoisotopic (exact) mass is 439 g/mol. The minimum atomic E-state index is -0.683. The summed E-state index contributed by atoms with van der Waals surface area (Å²) in [5.74, 6) is -0.523. The maximum Gasteiger partial charge on any atom is 0.328 e. The topological polar surface area (TPSA) is 138 Å². The molecule has 162 valence electrons. The lowest BCUT2D eigenvalue weighted by Crippen LogP contribution is -2.32. The van der Waals surface area contributed by atoms with Gasteiger partial charge < -0.3 is 15.4 Å². The highest BCUT2D eigenvalue weighted by atomic mass is 16.3. The third kappa shape index (κ3) is 3.81. The maximum atomic E-state index is 13.0. The van der Waals surface area contributed by atoms with Crippen molar-refractivity contribution in [3.8, 4) is 17.4 Å². The highest BCUT2D eigenvalue weighted by molar-refractivity contribution is 5.96. The lowest BCUT2D eigenvalue weighted by atomic mass is 10.2. The summed E-state index contributed by atoms with van der Waals surface area (Å²) in [6, 6.07) is 19.0. The molecular weight excluding hydrogens is 422 g/mol. The van der Waals surface area contributed by atoms with Gasteiger partial charge in [0.05, 0.1) is 16.6 Å². The largest absolute Gasteiger partial charge is 0.493 e. The Morgan fingerprint density at radius 3 is 2.67 bits per heavy atom. The lowest BCUT2D eigenvalue weighted by Gasteiger charge is -2.08. The number of azo groups is 1. The number of amides is 2. The zero-order valence-electron chi connectivity index (χ0n) is 17.1. The summed E-state index contributed by atoms with van der Waals surface area (Å²) in [5, 5.41) is 20.7. The molecule has 0 atom stereocenters. The third-order valence-electron chi connectivity index (χ3n) is 4.97. The minimum absolute atomic E-state index is 0.156. The fourth-order valence-electron chi connectivity index (χ4n) is 3.48. The normalized spacial score (nSPS) is 11.4. The number of nitrogens with zero attached hydrogens (tertiary/aromatic N) is 5. The number of fused-ring (bicyclic) bond motifs is 2. The fraction of sp³-hybridized carbons (Fsp3) is 0.0435. The van der Waals surface area contributed by atoms with Crippen molar-refractivity contribution in [2.75, 3.05) is 6.54 Å². The summed E-state index contributed by atoms with van der Waals surface area (Å²) in [6.07, 6.45) is 1.61. The van der Waals surface area contributed by atoms with Gasteiger partial charge in [0, 0.05) is 11.6 Å². The average Bonchev–Trinajstić information content (AvgIpc) is 3.39. The summed E-state index contributed by atoms with van der Waals surface area (Å²) in [6.45, 7) is -0.389. The van der Waals surface area contributed by atoms with Gasteiger partial charge in [-0.15, -0.1) is 10.2 Å². The Kier molecular flexibility index (Phi) is 5.07. The van der Waals surface area contributed by atoms with Crippen LogP contribution in [0.5, 0.6) is 5.88 Å². The van der Waals surface area contributed by atoms with E-state index in [0.29, 0.717) is 33.5 Å². The van der Waals surface area contributed by atoms with Gasteiger partial charge in [-0.05, 0) is 30.3 Å². The highest BCUT2D eigenvalue weighted by Crippen LogP contribution is 2.35. The number of para-hydroxylation sites is 3. The molecule has 0 bridgehead atoms. The standard InChI is InChI=1S/C23H17N7O3/c31-19(28-29-20-14-7-1-2-8-15(14)27-22(20)32)13-25-23(33)30-18-11-4-3-9-16(18)26-21(30)17-10-5-6-12-24-17/h1-12,27,32H,13H2,(H,25,33). The van der Waals surface area contributed by atoms with Gasteiger partial charge >= 0.3 is 6.03 Å². The van der Waals surface area contributed by atoms with E-state index in [1.807, 2.05) is 6.07 Å². The van der Waals surface area contributed by atoms with E-state index >= 15 is 0 Å². The summed E-state index contributed by atoms with van der Waals surface area (Å²) in [5.41, 5.74) is 2.54. The summed E-state index contributed by atoms with van der Waals surface area (Å²) >= 11 is 0. The molecule has 3 aromatic heterocycles. The van der Waals surface area contributed by atoms with Gasteiger partial charge in [0.25, 0.3) is 5.91 Å². The molecule has 10 nitrogen and oxygen atoms in total. The van der Waals surface area contributed by atoms with Crippen molar-refractivity contribution in [3.63, 3.8) is 0 Å².